The van der Waals surface area contributed by atoms with Crippen LogP contribution in [0.2, 0.25) is 0 Å². The van der Waals surface area contributed by atoms with Crippen molar-refractivity contribution in [3.63, 3.8) is 0 Å². The molecule has 8 nitrogen and oxygen atoms in total. The van der Waals surface area contributed by atoms with E-state index in [-0.39, 0.29) is 13.0 Å². The zero-order chi connectivity index (χ0) is 32.1. The number of rotatable bonds is 10. The van der Waals surface area contributed by atoms with Gasteiger partial charge in [-0.2, -0.15) is 0 Å². The van der Waals surface area contributed by atoms with Crippen LogP contribution in [0, 0.1) is 11.7 Å². The van der Waals surface area contributed by atoms with Gasteiger partial charge in [0.15, 0.2) is 0 Å². The molecule has 45 heavy (non-hydrogen) atoms. The van der Waals surface area contributed by atoms with E-state index in [4.69, 9.17) is 18.6 Å². The molecule has 1 atom stereocenters. The van der Waals surface area contributed by atoms with Gasteiger partial charge in [0.25, 0.3) is 0 Å². The monoisotopic (exact) mass is 617 g/mol. The molecule has 1 amide bonds. The molecule has 9 heteroatoms. The molecule has 238 valence electrons. The number of hydrogen-bond acceptors (Lipinski definition) is 6. The minimum atomic E-state index is -0.943. The first kappa shape index (κ1) is 32.0. The number of amides is 1. The standard InChI is InChI=1S/C36H40FNO7/c1-22(38-35(41)45-36(2,3)4)28-9-7-10-29(33(28)37)25-17-26(16-23-12-14-42-15-13-23)34-30(18-25)27(21-44-34)20-43-31-11-6-5-8-24(31)19-32(39)40/h5-11,17-18,21-23H,12-16,19-20H2,1-4H3,(H,38,41)(H,39,40). The number of aliphatic carboxylic acids is 1. The fourth-order valence-corrected chi connectivity index (χ4v) is 5.72. The highest BCUT2D eigenvalue weighted by molar-refractivity contribution is 5.89. The number of carboxylic acid groups (broad SMARTS) is 1. The SMILES string of the molecule is CC(NC(=O)OC(C)(C)C)c1cccc(-c2cc(CC3CCOCC3)c3occ(COc4ccccc4CC(=O)O)c3c2)c1F. The number of alkyl carbamates (subject to hydrolysis) is 1. The number of carbonyl (C=O) groups is 2. The van der Waals surface area contributed by atoms with Gasteiger partial charge in [-0.1, -0.05) is 36.4 Å². The van der Waals surface area contributed by atoms with Crippen LogP contribution in [0.4, 0.5) is 9.18 Å². The highest BCUT2D eigenvalue weighted by Crippen LogP contribution is 2.36. The van der Waals surface area contributed by atoms with Crippen LogP contribution in [-0.4, -0.2) is 36.0 Å². The fraction of sp³-hybridized carbons (Fsp3) is 0.389. The molecule has 0 radical (unpaired) electrons. The first-order valence-corrected chi connectivity index (χ1v) is 15.3. The predicted octanol–water partition coefficient (Wildman–Crippen LogP) is 8.00. The van der Waals surface area contributed by atoms with Gasteiger partial charge in [0.05, 0.1) is 18.7 Å². The second-order valence-electron chi connectivity index (χ2n) is 12.6. The Hall–Kier alpha value is -4.37. The Bertz CT molecular complexity index is 1670. The maximum atomic E-state index is 16.2. The molecule has 1 unspecified atom stereocenters. The minimum absolute atomic E-state index is 0.142. The zero-order valence-electron chi connectivity index (χ0n) is 26.2. The fourth-order valence-electron chi connectivity index (χ4n) is 5.72. The molecule has 2 N–H and O–H groups in total. The summed E-state index contributed by atoms with van der Waals surface area (Å²) < 4.78 is 39.4. The number of halogens is 1. The molecule has 0 spiro atoms. The summed E-state index contributed by atoms with van der Waals surface area (Å²) in [6.07, 6.45) is 3.50. The van der Waals surface area contributed by atoms with Crippen molar-refractivity contribution in [2.75, 3.05) is 13.2 Å². The molecule has 1 saturated heterocycles. The summed E-state index contributed by atoms with van der Waals surface area (Å²) in [7, 11) is 0. The summed E-state index contributed by atoms with van der Waals surface area (Å²) in [5.41, 5.74) is 3.78. The number of fused-ring (bicyclic) bond motifs is 1. The van der Waals surface area contributed by atoms with Crippen LogP contribution >= 0.6 is 0 Å². The van der Waals surface area contributed by atoms with Gasteiger partial charge in [-0.15, -0.1) is 0 Å². The van der Waals surface area contributed by atoms with Gasteiger partial charge in [0, 0.05) is 40.9 Å². The maximum absolute atomic E-state index is 16.2. The van der Waals surface area contributed by atoms with E-state index < -0.39 is 29.5 Å². The molecular formula is C36H40FNO7. The molecule has 0 bridgehead atoms. The van der Waals surface area contributed by atoms with Crippen molar-refractivity contribution < 1.29 is 37.7 Å². The van der Waals surface area contributed by atoms with Crippen LogP contribution in [0.15, 0.2) is 65.3 Å². The Balaban J connectivity index is 1.50. The average Bonchev–Trinajstić information content (AvgIpc) is 3.39. The van der Waals surface area contributed by atoms with Crippen molar-refractivity contribution in [1.82, 2.24) is 5.32 Å². The summed E-state index contributed by atoms with van der Waals surface area (Å²) in [5.74, 6) is -0.486. The number of benzene rings is 3. The molecule has 1 fully saturated rings. The minimum Gasteiger partial charge on any atom is -0.488 e. The second kappa shape index (κ2) is 13.7. The Morgan fingerprint density at radius 1 is 1.04 bits per heavy atom. The highest BCUT2D eigenvalue weighted by atomic mass is 19.1. The van der Waals surface area contributed by atoms with Crippen molar-refractivity contribution in [3.8, 4) is 16.9 Å². The van der Waals surface area contributed by atoms with Crippen molar-refractivity contribution in [3.05, 3.63) is 88.9 Å². The Kier molecular flexibility index (Phi) is 9.77. The quantitative estimate of drug-likeness (QED) is 0.186. The van der Waals surface area contributed by atoms with Crippen LogP contribution in [0.1, 0.15) is 68.8 Å². The third kappa shape index (κ3) is 8.02. The lowest BCUT2D eigenvalue weighted by Crippen LogP contribution is -2.34. The van der Waals surface area contributed by atoms with Crippen LogP contribution in [0.5, 0.6) is 5.75 Å². The average molecular weight is 618 g/mol. The lowest BCUT2D eigenvalue weighted by atomic mass is 9.89. The Morgan fingerprint density at radius 3 is 2.53 bits per heavy atom. The summed E-state index contributed by atoms with van der Waals surface area (Å²) in [6, 6.07) is 15.5. The zero-order valence-corrected chi connectivity index (χ0v) is 26.2. The van der Waals surface area contributed by atoms with Crippen LogP contribution in [-0.2, 0) is 33.7 Å². The normalized spacial score (nSPS) is 14.7. The third-order valence-electron chi connectivity index (χ3n) is 7.92. The number of nitrogens with one attached hydrogen (secondary N) is 1. The Morgan fingerprint density at radius 2 is 1.80 bits per heavy atom. The van der Waals surface area contributed by atoms with E-state index in [1.807, 2.05) is 12.1 Å². The van der Waals surface area contributed by atoms with Crippen molar-refractivity contribution in [2.24, 2.45) is 5.92 Å². The summed E-state index contributed by atoms with van der Waals surface area (Å²) in [4.78, 5) is 23.8. The summed E-state index contributed by atoms with van der Waals surface area (Å²) in [6.45, 7) is 8.60. The third-order valence-corrected chi connectivity index (χ3v) is 7.92. The van der Waals surface area contributed by atoms with Gasteiger partial charge >= 0.3 is 12.1 Å². The van der Waals surface area contributed by atoms with Crippen LogP contribution in [0.25, 0.3) is 22.1 Å². The summed E-state index contributed by atoms with van der Waals surface area (Å²) in [5, 5.41) is 12.9. The predicted molar refractivity (Wildman–Crippen MR) is 169 cm³/mol. The molecule has 5 rings (SSSR count). The lowest BCUT2D eigenvalue weighted by molar-refractivity contribution is -0.136. The molecule has 4 aromatic rings. The van der Waals surface area contributed by atoms with E-state index >= 15 is 4.39 Å². The van der Waals surface area contributed by atoms with E-state index in [9.17, 15) is 14.7 Å². The summed E-state index contributed by atoms with van der Waals surface area (Å²) >= 11 is 0. The largest absolute Gasteiger partial charge is 0.488 e. The van der Waals surface area contributed by atoms with Gasteiger partial charge in [-0.25, -0.2) is 9.18 Å². The van der Waals surface area contributed by atoms with E-state index in [1.165, 1.54) is 0 Å². The molecule has 3 aromatic carbocycles. The van der Waals surface area contributed by atoms with Crippen LogP contribution < -0.4 is 10.1 Å². The van der Waals surface area contributed by atoms with Crippen molar-refractivity contribution in [2.45, 2.75) is 71.6 Å². The first-order valence-electron chi connectivity index (χ1n) is 15.3. The van der Waals surface area contributed by atoms with Crippen molar-refractivity contribution >= 4 is 23.0 Å². The molecule has 1 aliphatic rings. The van der Waals surface area contributed by atoms with E-state index in [0.717, 1.165) is 41.4 Å². The number of furan rings is 1. The number of carbonyl (C=O) groups excluding carboxylic acids is 1. The number of para-hydroxylation sites is 1. The highest BCUT2D eigenvalue weighted by Gasteiger charge is 2.24. The van der Waals surface area contributed by atoms with E-state index in [0.29, 0.717) is 47.1 Å². The smallest absolute Gasteiger partial charge is 0.408 e. The van der Waals surface area contributed by atoms with Crippen LogP contribution in [0.3, 0.4) is 0 Å². The number of carboxylic acids is 1. The van der Waals surface area contributed by atoms with Gasteiger partial charge in [-0.05, 0) is 82.2 Å². The Labute approximate surface area is 262 Å². The van der Waals surface area contributed by atoms with Gasteiger partial charge in [0.1, 0.15) is 29.4 Å². The second-order valence-corrected chi connectivity index (χ2v) is 12.6. The molecule has 1 aromatic heterocycles. The van der Waals surface area contributed by atoms with Gasteiger partial charge in [-0.3, -0.25) is 4.79 Å². The van der Waals surface area contributed by atoms with E-state index in [1.54, 1.807) is 76.4 Å². The number of ether oxygens (including phenoxy) is 3. The molecule has 2 heterocycles. The molecular weight excluding hydrogens is 577 g/mol. The van der Waals surface area contributed by atoms with E-state index in [2.05, 4.69) is 5.32 Å². The van der Waals surface area contributed by atoms with Gasteiger partial charge in [0.2, 0.25) is 0 Å². The molecule has 0 saturated carbocycles. The number of hydrogen-bond donors (Lipinski definition) is 2. The first-order chi connectivity index (χ1) is 21.5. The lowest BCUT2D eigenvalue weighted by Gasteiger charge is -2.23. The molecule has 0 aliphatic carbocycles. The maximum Gasteiger partial charge on any atom is 0.408 e. The molecule has 1 aliphatic heterocycles. The van der Waals surface area contributed by atoms with Crippen molar-refractivity contribution in [1.29, 1.82) is 0 Å². The topological polar surface area (TPSA) is 107 Å². The van der Waals surface area contributed by atoms with Gasteiger partial charge < -0.3 is 29.1 Å².